The molecule has 7 nitrogen and oxygen atoms in total. The molecule has 0 unspecified atom stereocenters. The second-order valence-electron chi connectivity index (χ2n) is 11.1. The summed E-state index contributed by atoms with van der Waals surface area (Å²) in [5.41, 5.74) is 7.22. The molecule has 0 bridgehead atoms. The fourth-order valence-electron chi connectivity index (χ4n) is 4.28. The van der Waals surface area contributed by atoms with Gasteiger partial charge in [-0.3, -0.25) is 9.36 Å². The fourth-order valence-corrected chi connectivity index (χ4v) is 5.62. The third kappa shape index (κ3) is 8.67. The average Bonchev–Trinajstić information content (AvgIpc) is 3.44. The van der Waals surface area contributed by atoms with Gasteiger partial charge in [0, 0.05) is 31.9 Å². The normalized spacial score (nSPS) is 11.6. The van der Waals surface area contributed by atoms with Gasteiger partial charge >= 0.3 is 0 Å². The van der Waals surface area contributed by atoms with Crippen molar-refractivity contribution >= 4 is 58.7 Å². The lowest BCUT2D eigenvalue weighted by molar-refractivity contribution is -0.118. The zero-order valence-corrected chi connectivity index (χ0v) is 27.9. The number of aromatic nitrogens is 3. The molecular weight excluding hydrogens is 649 g/mol. The number of carbonyl (C=O) groups is 1. The van der Waals surface area contributed by atoms with Gasteiger partial charge in [0.15, 0.2) is 11.0 Å². The van der Waals surface area contributed by atoms with Gasteiger partial charge in [0.2, 0.25) is 0 Å². The number of nitrogens with zero attached hydrogens (tertiary/aromatic N) is 4. The number of hydrazone groups is 1. The number of hydrogen-bond acceptors (Lipinski definition) is 6. The van der Waals surface area contributed by atoms with Crippen LogP contribution in [-0.4, -0.2) is 32.6 Å². The van der Waals surface area contributed by atoms with Gasteiger partial charge in [-0.15, -0.1) is 10.2 Å². The molecule has 45 heavy (non-hydrogen) atoms. The van der Waals surface area contributed by atoms with Crippen molar-refractivity contribution in [3.05, 3.63) is 123 Å². The van der Waals surface area contributed by atoms with Crippen LogP contribution in [0.5, 0.6) is 5.75 Å². The highest BCUT2D eigenvalue weighted by molar-refractivity contribution is 7.99. The molecule has 4 aromatic carbocycles. The summed E-state index contributed by atoms with van der Waals surface area (Å²) in [7, 11) is 0. The second-order valence-corrected chi connectivity index (χ2v) is 13.3. The summed E-state index contributed by atoms with van der Waals surface area (Å²) < 4.78 is 7.74. The Balaban J connectivity index is 1.20. The van der Waals surface area contributed by atoms with E-state index >= 15 is 0 Å². The van der Waals surface area contributed by atoms with Crippen molar-refractivity contribution in [2.45, 2.75) is 37.9 Å². The molecule has 5 rings (SSSR count). The molecule has 5 aromatic rings. The third-order valence-electron chi connectivity index (χ3n) is 6.75. The standard InChI is InChI=1S/C34H30Cl3N5O2S/c1-34(2,3)25-9-6-23(7-10-25)32-40-41-33(42(32)28-14-12-26(35)13-15-28)45-21-31(43)39-38-19-22-4-16-29(17-5-22)44-20-24-8-11-27(36)18-30(24)37/h4-19H,20-21H2,1-3H3,(H,39,43)/b38-19-. The summed E-state index contributed by atoms with van der Waals surface area (Å²) in [6.07, 6.45) is 1.57. The lowest BCUT2D eigenvalue weighted by Crippen LogP contribution is -2.20. The Bertz CT molecular complexity index is 1800. The first-order valence-electron chi connectivity index (χ1n) is 14.0. The van der Waals surface area contributed by atoms with Crippen molar-refractivity contribution < 1.29 is 9.53 Å². The Morgan fingerprint density at radius 1 is 0.911 bits per heavy atom. The topological polar surface area (TPSA) is 81.4 Å². The summed E-state index contributed by atoms with van der Waals surface area (Å²) in [4.78, 5) is 12.7. The molecule has 1 heterocycles. The predicted octanol–water partition coefficient (Wildman–Crippen LogP) is 9.01. The maximum Gasteiger partial charge on any atom is 0.250 e. The molecule has 0 aliphatic carbocycles. The summed E-state index contributed by atoms with van der Waals surface area (Å²) in [6.45, 7) is 6.84. The van der Waals surface area contributed by atoms with Crippen molar-refractivity contribution in [3.8, 4) is 22.8 Å². The highest BCUT2D eigenvalue weighted by Gasteiger charge is 2.19. The number of benzene rings is 4. The Kier molecular flexibility index (Phi) is 10.5. The van der Waals surface area contributed by atoms with Crippen LogP contribution in [0.1, 0.15) is 37.5 Å². The highest BCUT2D eigenvalue weighted by Crippen LogP contribution is 2.31. The third-order valence-corrected chi connectivity index (χ3v) is 8.52. The molecule has 0 saturated heterocycles. The first-order chi connectivity index (χ1) is 21.6. The Morgan fingerprint density at radius 2 is 1.60 bits per heavy atom. The van der Waals surface area contributed by atoms with Crippen molar-refractivity contribution in [1.29, 1.82) is 0 Å². The lowest BCUT2D eigenvalue weighted by atomic mass is 9.87. The van der Waals surface area contributed by atoms with E-state index in [1.165, 1.54) is 17.3 Å². The number of rotatable bonds is 10. The van der Waals surface area contributed by atoms with E-state index in [-0.39, 0.29) is 17.1 Å². The SMILES string of the molecule is CC(C)(C)c1ccc(-c2nnc(SCC(=O)N/N=C\c3ccc(OCc4ccc(Cl)cc4Cl)cc3)n2-c2ccc(Cl)cc2)cc1. The smallest absolute Gasteiger partial charge is 0.250 e. The average molecular weight is 679 g/mol. The number of hydrogen-bond donors (Lipinski definition) is 1. The van der Waals surface area contributed by atoms with E-state index in [4.69, 9.17) is 39.5 Å². The van der Waals surface area contributed by atoms with E-state index in [1.54, 1.807) is 18.3 Å². The number of halogens is 3. The van der Waals surface area contributed by atoms with Gasteiger partial charge in [0.05, 0.1) is 12.0 Å². The summed E-state index contributed by atoms with van der Waals surface area (Å²) >= 11 is 19.6. The fraction of sp³-hybridized carbons (Fsp3) is 0.176. The van der Waals surface area contributed by atoms with Crippen molar-refractivity contribution in [2.24, 2.45) is 5.10 Å². The Morgan fingerprint density at radius 3 is 2.27 bits per heavy atom. The maximum atomic E-state index is 12.7. The van der Waals surface area contributed by atoms with E-state index in [0.717, 1.165) is 22.4 Å². The zero-order chi connectivity index (χ0) is 32.0. The quantitative estimate of drug-likeness (QED) is 0.0906. The summed E-state index contributed by atoms with van der Waals surface area (Å²) in [5.74, 6) is 1.15. The van der Waals surface area contributed by atoms with E-state index in [0.29, 0.717) is 38.4 Å². The summed E-state index contributed by atoms with van der Waals surface area (Å²) in [6, 6.07) is 28.3. The molecule has 0 aliphatic rings. The molecule has 0 aliphatic heterocycles. The lowest BCUT2D eigenvalue weighted by Gasteiger charge is -2.19. The van der Waals surface area contributed by atoms with Crippen LogP contribution >= 0.6 is 46.6 Å². The Hall–Kier alpha value is -3.82. The molecule has 0 radical (unpaired) electrons. The molecule has 0 saturated carbocycles. The zero-order valence-electron chi connectivity index (χ0n) is 24.8. The van der Waals surface area contributed by atoms with Gasteiger partial charge in [-0.05, 0) is 77.2 Å². The monoisotopic (exact) mass is 677 g/mol. The van der Waals surface area contributed by atoms with Crippen molar-refractivity contribution in [3.63, 3.8) is 0 Å². The minimum atomic E-state index is -0.280. The van der Waals surface area contributed by atoms with Crippen LogP contribution in [0.3, 0.4) is 0 Å². The van der Waals surface area contributed by atoms with E-state index in [9.17, 15) is 4.79 Å². The predicted molar refractivity (Wildman–Crippen MR) is 184 cm³/mol. The van der Waals surface area contributed by atoms with Gasteiger partial charge in [-0.1, -0.05) is 97.7 Å². The number of amides is 1. The number of nitrogens with one attached hydrogen (secondary N) is 1. The first-order valence-corrected chi connectivity index (χ1v) is 16.1. The molecule has 0 fully saturated rings. The van der Waals surface area contributed by atoms with Crippen LogP contribution in [0, 0.1) is 0 Å². The molecule has 1 amide bonds. The molecule has 0 atom stereocenters. The first kappa shape index (κ1) is 32.6. The summed E-state index contributed by atoms with van der Waals surface area (Å²) in [5, 5.41) is 15.3. The molecular formula is C34H30Cl3N5O2S. The van der Waals surface area contributed by atoms with E-state index < -0.39 is 0 Å². The second kappa shape index (κ2) is 14.5. The molecule has 1 N–H and O–H groups in total. The van der Waals surface area contributed by atoms with Crippen LogP contribution in [0.4, 0.5) is 0 Å². The number of carbonyl (C=O) groups excluding carboxylic acids is 1. The van der Waals surface area contributed by atoms with Gasteiger partial charge < -0.3 is 4.74 Å². The van der Waals surface area contributed by atoms with Gasteiger partial charge in [-0.2, -0.15) is 5.10 Å². The molecule has 1 aromatic heterocycles. The van der Waals surface area contributed by atoms with Crippen LogP contribution < -0.4 is 10.2 Å². The molecule has 230 valence electrons. The Labute approximate surface area is 281 Å². The largest absolute Gasteiger partial charge is 0.489 e. The van der Waals surface area contributed by atoms with Crippen LogP contribution in [-0.2, 0) is 16.8 Å². The van der Waals surface area contributed by atoms with Gasteiger partial charge in [0.25, 0.3) is 5.91 Å². The van der Waals surface area contributed by atoms with Gasteiger partial charge in [-0.25, -0.2) is 5.43 Å². The van der Waals surface area contributed by atoms with Crippen LogP contribution in [0.25, 0.3) is 17.1 Å². The molecule has 11 heteroatoms. The minimum absolute atomic E-state index is 0.0326. The van der Waals surface area contributed by atoms with E-state index in [1.807, 2.05) is 71.3 Å². The van der Waals surface area contributed by atoms with Crippen LogP contribution in [0.2, 0.25) is 15.1 Å². The maximum absolute atomic E-state index is 12.7. The van der Waals surface area contributed by atoms with E-state index in [2.05, 4.69) is 53.6 Å². The van der Waals surface area contributed by atoms with Crippen molar-refractivity contribution in [2.75, 3.05) is 5.75 Å². The molecule has 0 spiro atoms. The highest BCUT2D eigenvalue weighted by atomic mass is 35.5. The van der Waals surface area contributed by atoms with Gasteiger partial charge in [0.1, 0.15) is 12.4 Å². The van der Waals surface area contributed by atoms with Crippen LogP contribution in [0.15, 0.2) is 101 Å². The minimum Gasteiger partial charge on any atom is -0.489 e. The number of thioether (sulfide) groups is 1. The van der Waals surface area contributed by atoms with Crippen molar-refractivity contribution in [1.82, 2.24) is 20.2 Å². The number of ether oxygens (including phenoxy) is 1.